The number of hydrogen-bond acceptors (Lipinski definition) is 5. The summed E-state index contributed by atoms with van der Waals surface area (Å²) in [5.74, 6) is -0.890. The summed E-state index contributed by atoms with van der Waals surface area (Å²) in [5, 5.41) is 6.20. The number of amides is 1. The van der Waals surface area contributed by atoms with Crippen molar-refractivity contribution in [2.24, 2.45) is 0 Å². The van der Waals surface area contributed by atoms with Crippen molar-refractivity contribution in [2.75, 3.05) is 22.9 Å². The zero-order valence-corrected chi connectivity index (χ0v) is 12.8. The Balaban J connectivity index is 2.12. The molecule has 8 heteroatoms. The first-order chi connectivity index (χ1) is 10.0. The smallest absolute Gasteiger partial charge is 0.269 e. The predicted octanol–water partition coefficient (Wildman–Crippen LogP) is 3.59. The lowest BCUT2D eigenvalue weighted by Gasteiger charge is -2.04. The molecule has 0 atom stereocenters. The first-order valence-corrected chi connectivity index (χ1v) is 7.47. The van der Waals surface area contributed by atoms with Gasteiger partial charge in [-0.15, -0.1) is 0 Å². The molecule has 0 unspecified atom stereocenters. The van der Waals surface area contributed by atoms with Crippen LogP contribution in [0.15, 0.2) is 18.2 Å². The Hall–Kier alpha value is -1.86. The molecule has 1 aromatic carbocycles. The van der Waals surface area contributed by atoms with Gasteiger partial charge in [-0.3, -0.25) is 4.79 Å². The van der Waals surface area contributed by atoms with E-state index < -0.39 is 11.7 Å². The van der Waals surface area contributed by atoms with E-state index in [9.17, 15) is 9.18 Å². The van der Waals surface area contributed by atoms with Crippen molar-refractivity contribution in [3.8, 4) is 0 Å². The second-order valence-electron chi connectivity index (χ2n) is 4.24. The number of hydrogen-bond donors (Lipinski definition) is 3. The molecule has 0 bridgehead atoms. The summed E-state index contributed by atoms with van der Waals surface area (Å²) in [6.45, 7) is 2.77. The van der Waals surface area contributed by atoms with Crippen LogP contribution in [0.5, 0.6) is 0 Å². The monoisotopic (exact) mass is 328 g/mol. The molecule has 5 nitrogen and oxygen atoms in total. The van der Waals surface area contributed by atoms with Crippen molar-refractivity contribution in [3.63, 3.8) is 0 Å². The second-order valence-corrected chi connectivity index (χ2v) is 5.65. The van der Waals surface area contributed by atoms with Crippen LogP contribution >= 0.6 is 22.9 Å². The standard InChI is InChI=1S/C13H14ClFN4OS/c1-2-5-17-13-19-11(16)10(21-13)12(20)18-7-3-4-8(14)9(15)6-7/h3-4,6H,2,5,16H2,1H3,(H,17,19)(H,18,20). The number of anilines is 3. The van der Waals surface area contributed by atoms with E-state index in [4.69, 9.17) is 17.3 Å². The molecule has 2 rings (SSSR count). The summed E-state index contributed by atoms with van der Waals surface area (Å²) < 4.78 is 13.3. The van der Waals surface area contributed by atoms with E-state index in [1.165, 1.54) is 12.1 Å². The Morgan fingerprint density at radius 3 is 2.95 bits per heavy atom. The fourth-order valence-electron chi connectivity index (χ4n) is 1.56. The molecule has 0 saturated carbocycles. The Labute approximate surface area is 130 Å². The van der Waals surface area contributed by atoms with Gasteiger partial charge < -0.3 is 16.4 Å². The molecule has 0 spiro atoms. The van der Waals surface area contributed by atoms with E-state index in [1.807, 2.05) is 6.92 Å². The SMILES string of the molecule is CCCNc1nc(N)c(C(=O)Nc2ccc(Cl)c(F)c2)s1. The van der Waals surface area contributed by atoms with Crippen molar-refractivity contribution < 1.29 is 9.18 Å². The van der Waals surface area contributed by atoms with Gasteiger partial charge in [-0.1, -0.05) is 29.9 Å². The Bertz CT molecular complexity index is 662. The molecule has 0 aliphatic carbocycles. The third kappa shape index (κ3) is 3.83. The van der Waals surface area contributed by atoms with E-state index in [0.717, 1.165) is 30.4 Å². The first-order valence-electron chi connectivity index (χ1n) is 6.27. The van der Waals surface area contributed by atoms with Gasteiger partial charge in [0.15, 0.2) is 5.13 Å². The summed E-state index contributed by atoms with van der Waals surface area (Å²) in [6.07, 6.45) is 0.936. The molecule has 21 heavy (non-hydrogen) atoms. The van der Waals surface area contributed by atoms with E-state index in [2.05, 4.69) is 15.6 Å². The van der Waals surface area contributed by atoms with Gasteiger partial charge in [-0.25, -0.2) is 9.37 Å². The minimum Gasteiger partial charge on any atom is -0.382 e. The van der Waals surface area contributed by atoms with Crippen molar-refractivity contribution in [1.82, 2.24) is 4.98 Å². The van der Waals surface area contributed by atoms with Crippen molar-refractivity contribution in [2.45, 2.75) is 13.3 Å². The van der Waals surface area contributed by atoms with E-state index in [0.29, 0.717) is 10.8 Å². The molecule has 1 heterocycles. The first kappa shape index (κ1) is 15.5. The molecule has 0 fully saturated rings. The van der Waals surface area contributed by atoms with Crippen LogP contribution in [0.25, 0.3) is 0 Å². The minimum absolute atomic E-state index is 0.00337. The van der Waals surface area contributed by atoms with Crippen LogP contribution in [-0.2, 0) is 0 Å². The molecule has 0 saturated heterocycles. The quantitative estimate of drug-likeness (QED) is 0.783. The molecular weight excluding hydrogens is 315 g/mol. The Morgan fingerprint density at radius 1 is 1.52 bits per heavy atom. The van der Waals surface area contributed by atoms with Gasteiger partial charge in [0.05, 0.1) is 5.02 Å². The maximum absolute atomic E-state index is 13.3. The highest BCUT2D eigenvalue weighted by Gasteiger charge is 2.16. The van der Waals surface area contributed by atoms with Gasteiger partial charge in [0.1, 0.15) is 16.5 Å². The molecule has 0 aliphatic rings. The van der Waals surface area contributed by atoms with Crippen LogP contribution in [0.3, 0.4) is 0 Å². The van der Waals surface area contributed by atoms with Gasteiger partial charge in [0.2, 0.25) is 0 Å². The highest BCUT2D eigenvalue weighted by atomic mass is 35.5. The van der Waals surface area contributed by atoms with Crippen LogP contribution in [0.4, 0.5) is 21.0 Å². The molecule has 0 aliphatic heterocycles. The number of carbonyl (C=O) groups excluding carboxylic acids is 1. The van der Waals surface area contributed by atoms with E-state index in [1.54, 1.807) is 0 Å². The highest BCUT2D eigenvalue weighted by Crippen LogP contribution is 2.26. The van der Waals surface area contributed by atoms with Crippen LogP contribution in [0.2, 0.25) is 5.02 Å². The van der Waals surface area contributed by atoms with Gasteiger partial charge in [0.25, 0.3) is 5.91 Å². The molecule has 1 amide bonds. The Morgan fingerprint density at radius 2 is 2.29 bits per heavy atom. The van der Waals surface area contributed by atoms with Crippen LogP contribution in [-0.4, -0.2) is 17.4 Å². The largest absolute Gasteiger partial charge is 0.382 e. The lowest BCUT2D eigenvalue weighted by atomic mass is 10.3. The molecule has 112 valence electrons. The molecular formula is C13H14ClFN4OS. The van der Waals surface area contributed by atoms with Gasteiger partial charge in [0, 0.05) is 12.2 Å². The zero-order valence-electron chi connectivity index (χ0n) is 11.2. The fraction of sp³-hybridized carbons (Fsp3) is 0.231. The lowest BCUT2D eigenvalue weighted by molar-refractivity contribution is 0.103. The number of nitrogens with two attached hydrogens (primary N) is 1. The number of halogens is 2. The number of nitrogens with zero attached hydrogens (tertiary/aromatic N) is 1. The number of aromatic nitrogens is 1. The minimum atomic E-state index is -0.600. The van der Waals surface area contributed by atoms with Crippen LogP contribution in [0, 0.1) is 5.82 Å². The number of rotatable bonds is 5. The third-order valence-corrected chi connectivity index (χ3v) is 3.90. The average Bonchev–Trinajstić information content (AvgIpc) is 2.82. The lowest BCUT2D eigenvalue weighted by Crippen LogP contribution is -2.12. The molecule has 2 aromatic rings. The summed E-state index contributed by atoms with van der Waals surface area (Å²) in [5.41, 5.74) is 6.03. The fourth-order valence-corrected chi connectivity index (χ4v) is 2.49. The maximum atomic E-state index is 13.3. The normalized spacial score (nSPS) is 10.4. The predicted molar refractivity (Wildman–Crippen MR) is 84.7 cm³/mol. The second kappa shape index (κ2) is 6.73. The van der Waals surface area contributed by atoms with E-state index in [-0.39, 0.29) is 15.7 Å². The summed E-state index contributed by atoms with van der Waals surface area (Å²) in [7, 11) is 0. The van der Waals surface area contributed by atoms with Crippen molar-refractivity contribution >= 4 is 45.5 Å². The average molecular weight is 329 g/mol. The number of benzene rings is 1. The number of thiazole rings is 1. The van der Waals surface area contributed by atoms with Gasteiger partial charge >= 0.3 is 0 Å². The summed E-state index contributed by atoms with van der Waals surface area (Å²) >= 11 is 6.74. The van der Waals surface area contributed by atoms with Gasteiger partial charge in [-0.05, 0) is 24.6 Å². The number of nitrogen functional groups attached to an aromatic ring is 1. The molecule has 0 radical (unpaired) electrons. The number of nitrogens with one attached hydrogen (secondary N) is 2. The van der Waals surface area contributed by atoms with Crippen LogP contribution in [0.1, 0.15) is 23.0 Å². The van der Waals surface area contributed by atoms with Crippen LogP contribution < -0.4 is 16.4 Å². The number of carbonyl (C=O) groups is 1. The molecule has 1 aromatic heterocycles. The Kier molecular flexibility index (Phi) is 4.98. The maximum Gasteiger partial charge on any atom is 0.269 e. The summed E-state index contributed by atoms with van der Waals surface area (Å²) in [6, 6.07) is 4.03. The third-order valence-electron chi connectivity index (χ3n) is 2.56. The summed E-state index contributed by atoms with van der Waals surface area (Å²) in [4.78, 5) is 16.5. The molecule has 4 N–H and O–H groups in total. The topological polar surface area (TPSA) is 80.0 Å². The van der Waals surface area contributed by atoms with Gasteiger partial charge in [-0.2, -0.15) is 0 Å². The van der Waals surface area contributed by atoms with E-state index >= 15 is 0 Å². The highest BCUT2D eigenvalue weighted by molar-refractivity contribution is 7.18. The zero-order chi connectivity index (χ0) is 15.4. The van der Waals surface area contributed by atoms with Crippen molar-refractivity contribution in [3.05, 3.63) is 33.9 Å². The van der Waals surface area contributed by atoms with Crippen molar-refractivity contribution in [1.29, 1.82) is 0 Å².